The lowest BCUT2D eigenvalue weighted by molar-refractivity contribution is -0.148. The van der Waals surface area contributed by atoms with Gasteiger partial charge < -0.3 is 34.3 Å². The smallest absolute Gasteiger partial charge is 0.314 e. The highest BCUT2D eigenvalue weighted by Gasteiger charge is 2.34. The summed E-state index contributed by atoms with van der Waals surface area (Å²) < 4.78 is 22.1. The highest BCUT2D eigenvalue weighted by molar-refractivity contribution is 6.64. The Balaban J connectivity index is -0.000000404. The minimum Gasteiger partial charge on any atom is -0.508 e. The number of carboxylic acid groups (broad SMARTS) is 2. The number of hydrogen-bond donors (Lipinski definition) is 3. The van der Waals surface area contributed by atoms with E-state index in [1.165, 1.54) is 16.7 Å². The number of carboxylic acids is 2. The molecule has 17 heteroatoms. The van der Waals surface area contributed by atoms with Gasteiger partial charge in [-0.3, -0.25) is 38.4 Å². The third kappa shape index (κ3) is 43.2. The van der Waals surface area contributed by atoms with Crippen molar-refractivity contribution in [2.24, 2.45) is 47.3 Å². The van der Waals surface area contributed by atoms with Gasteiger partial charge in [0.2, 0.25) is 10.5 Å². The molecule has 0 saturated heterocycles. The molecule has 0 atom stereocenters. The van der Waals surface area contributed by atoms with E-state index in [-0.39, 0.29) is 111 Å². The Morgan fingerprint density at radius 1 is 0.317 bits per heavy atom. The summed E-state index contributed by atoms with van der Waals surface area (Å²) in [6.07, 6.45) is 16.8. The molecule has 0 aromatic heterocycles. The average Bonchev–Trinajstić information content (AvgIpc) is 0.856. The maximum Gasteiger partial charge on any atom is 0.314 e. The molecule has 0 amide bonds. The van der Waals surface area contributed by atoms with Crippen molar-refractivity contribution < 1.29 is 72.6 Å². The van der Waals surface area contributed by atoms with E-state index < -0.39 is 11.9 Å². The zero-order valence-corrected chi connectivity index (χ0v) is 64.2. The number of phenols is 1. The summed E-state index contributed by atoms with van der Waals surface area (Å²) in [5.41, 5.74) is 5.94. The molecule has 5 aromatic rings. The molecule has 0 radical (unpaired) electrons. The predicted molar refractivity (Wildman–Crippen MR) is 430 cm³/mol. The lowest BCUT2D eigenvalue weighted by Crippen LogP contribution is -2.30. The summed E-state index contributed by atoms with van der Waals surface area (Å²) in [6.45, 7) is 30.3. The number of rotatable bonds is 18. The molecule has 15 nitrogen and oxygen atoms in total. The maximum absolute atomic E-state index is 12.6. The first-order chi connectivity index (χ1) is 48.1. The van der Waals surface area contributed by atoms with Gasteiger partial charge in [-0.25, -0.2) is 0 Å². The van der Waals surface area contributed by atoms with E-state index in [4.69, 9.17) is 57.5 Å². The van der Waals surface area contributed by atoms with Crippen molar-refractivity contribution in [3.63, 3.8) is 0 Å². The van der Waals surface area contributed by atoms with Crippen LogP contribution in [0, 0.1) is 68.1 Å². The van der Waals surface area contributed by atoms with Crippen molar-refractivity contribution in [3.05, 3.63) is 149 Å². The van der Waals surface area contributed by atoms with Crippen molar-refractivity contribution in [2.75, 3.05) is 0 Å². The van der Waals surface area contributed by atoms with Crippen molar-refractivity contribution in [1.29, 1.82) is 0 Å². The third-order valence-corrected chi connectivity index (χ3v) is 17.6. The van der Waals surface area contributed by atoms with E-state index >= 15 is 0 Å². The topological polar surface area (TPSA) is 234 Å². The van der Waals surface area contributed by atoms with Gasteiger partial charge in [0, 0.05) is 11.8 Å². The van der Waals surface area contributed by atoms with Gasteiger partial charge in [-0.2, -0.15) is 0 Å². The van der Waals surface area contributed by atoms with E-state index in [9.17, 15) is 38.4 Å². The van der Waals surface area contributed by atoms with Gasteiger partial charge >= 0.3 is 35.8 Å². The average molecular weight is 1490 g/mol. The van der Waals surface area contributed by atoms with E-state index in [0.29, 0.717) is 131 Å². The first-order valence-electron chi connectivity index (χ1n) is 36.9. The van der Waals surface area contributed by atoms with Gasteiger partial charge in [0.25, 0.3) is 0 Å². The first-order valence-corrected chi connectivity index (χ1v) is 37.6. The molecule has 588 valence electrons. The van der Waals surface area contributed by atoms with Crippen LogP contribution in [0.3, 0.4) is 0 Å². The molecule has 4 aliphatic rings. The first kappa shape index (κ1) is 105. The number of benzene rings is 5. The van der Waals surface area contributed by atoms with Gasteiger partial charge in [0.05, 0.1) is 35.5 Å². The van der Waals surface area contributed by atoms with Crippen LogP contribution in [-0.2, 0) is 51.2 Å². The van der Waals surface area contributed by atoms with Gasteiger partial charge in [-0.15, -0.1) is 0 Å². The zero-order valence-electron chi connectivity index (χ0n) is 62.7. The molecular formula is C87H136Cl2O15. The lowest BCUT2D eigenvalue weighted by Gasteiger charge is -2.25. The number of aryl methyl sites for hydroxylation is 5. The molecule has 0 spiro atoms. The Morgan fingerprint density at radius 2 is 0.500 bits per heavy atom. The molecule has 0 unspecified atom stereocenters. The minimum atomic E-state index is -0.793. The van der Waals surface area contributed by atoms with Crippen LogP contribution in [0.1, 0.15) is 269 Å². The van der Waals surface area contributed by atoms with Crippen LogP contribution < -0.4 is 18.9 Å². The van der Waals surface area contributed by atoms with E-state index in [0.717, 1.165) is 49.7 Å². The van der Waals surface area contributed by atoms with Crippen LogP contribution in [0.4, 0.5) is 0 Å². The van der Waals surface area contributed by atoms with Crippen LogP contribution in [-0.4, -0.2) is 61.6 Å². The van der Waals surface area contributed by atoms with E-state index in [1.54, 1.807) is 36.4 Å². The lowest BCUT2D eigenvalue weighted by atomic mass is 9.82. The van der Waals surface area contributed by atoms with Crippen LogP contribution in [0.15, 0.2) is 121 Å². The van der Waals surface area contributed by atoms with Gasteiger partial charge in [0.1, 0.15) is 28.7 Å². The SMILES string of the molecule is C.C.C.C.CC.CC.CC.CC.CC.CCCCc1ccc(OC(=O)C2CCC(C(=O)Oc3ccc(CCCC)cc3)CC2)cc1.Cc1ccc(O)cc1.Cc1ccc(OC(=O)C2CCC(C(=O)Oc3ccc(C)cc3)CC2)cc1.O=C(Cl)C1CCC(C(=O)Cl)CC1.O=C(O)C1CCC(C(=O)O)CC1. The second-order valence-electron chi connectivity index (χ2n) is 24.1. The Hall–Kier alpha value is -7.36. The molecule has 4 saturated carbocycles. The second-order valence-corrected chi connectivity index (χ2v) is 24.9. The molecular weight excluding hydrogens is 1360 g/mol. The monoisotopic (exact) mass is 1490 g/mol. The molecule has 5 aromatic carbocycles. The van der Waals surface area contributed by atoms with Crippen LogP contribution in [0.5, 0.6) is 28.7 Å². The van der Waals surface area contributed by atoms with Gasteiger partial charge in [0.15, 0.2) is 0 Å². The Labute approximate surface area is 638 Å². The minimum absolute atomic E-state index is 0. The normalized spacial score (nSPS) is 18.4. The number of hydrogen-bond acceptors (Lipinski definition) is 13. The standard InChI is InChI=1S/C28H36O4.C22H24O4.C8H10Cl2O2.C8H12O4.C7H8O.5C2H6.4CH4/c1-3-5-7-21-9-17-25(18-10-21)31-27(29)23-13-15-24(16-14-23)28(30)32-26-19-11-22(12-20-26)8-6-4-2;1-15-3-11-19(12-4-15)25-21(23)17-7-9-18(10-8-17)22(24)26-20-13-5-16(2)6-14-20;9-7(11)5-1-2-6(4-3-5)8(10)12;9-7(10)5-1-2-6(4-3-5)8(11)12;1-6-2-4-7(8)5-3-6;5*1-2;;;;/h9-12,17-20,23-24H,3-8,13-16H2,1-2H3;3-6,11-14,17-18H,7-10H2,1-2H3;5-6H,1-4H2;5-6H,1-4H2,(H,9,10)(H,11,12);2-5,8H,1H3;5*1-2H3;4*1H4. The van der Waals surface area contributed by atoms with E-state index in [1.807, 2.05) is 175 Å². The van der Waals surface area contributed by atoms with Gasteiger partial charge in [-0.1, -0.05) is 203 Å². The summed E-state index contributed by atoms with van der Waals surface area (Å²) in [4.78, 5) is 92.2. The predicted octanol–water partition coefficient (Wildman–Crippen LogP) is 24.0. The molecule has 9 rings (SSSR count). The Kier molecular flexibility index (Phi) is 63.7. The second kappa shape index (κ2) is 63.0. The molecule has 3 N–H and O–H groups in total. The van der Waals surface area contributed by atoms with Crippen molar-refractivity contribution in [1.82, 2.24) is 0 Å². The quantitative estimate of drug-likeness (QED) is 0.0420. The van der Waals surface area contributed by atoms with Gasteiger partial charge in [-0.05, 0) is 244 Å². The number of carbonyl (C=O) groups is 8. The number of carbonyl (C=O) groups excluding carboxylic acids is 6. The van der Waals surface area contributed by atoms with Crippen LogP contribution in [0.25, 0.3) is 0 Å². The maximum atomic E-state index is 12.6. The Bertz CT molecular complexity index is 2780. The highest BCUT2D eigenvalue weighted by atomic mass is 35.5. The molecule has 104 heavy (non-hydrogen) atoms. The highest BCUT2D eigenvalue weighted by Crippen LogP contribution is 2.35. The summed E-state index contributed by atoms with van der Waals surface area (Å²) in [5, 5.41) is 25.4. The number of aliphatic carboxylic acids is 2. The van der Waals surface area contributed by atoms with Crippen molar-refractivity contribution in [3.8, 4) is 28.7 Å². The zero-order chi connectivity index (χ0) is 75.5. The number of esters is 4. The largest absolute Gasteiger partial charge is 0.508 e. The number of unbranched alkanes of at least 4 members (excludes halogenated alkanes) is 2. The molecule has 4 aliphatic carbocycles. The Morgan fingerprint density at radius 3 is 0.683 bits per heavy atom. The fourth-order valence-electron chi connectivity index (χ4n) is 11.0. The molecule has 0 heterocycles. The molecule has 0 aliphatic heterocycles. The summed E-state index contributed by atoms with van der Waals surface area (Å²) in [6, 6.07) is 37.6. The fourth-order valence-corrected chi connectivity index (χ4v) is 11.5. The number of phenolic OH excluding ortho intramolecular Hbond substituents is 1. The van der Waals surface area contributed by atoms with Crippen LogP contribution >= 0.6 is 23.2 Å². The number of halogens is 2. The van der Waals surface area contributed by atoms with Crippen LogP contribution in [0.2, 0.25) is 0 Å². The summed E-state index contributed by atoms with van der Waals surface area (Å²) >= 11 is 10.7. The molecule has 0 bridgehead atoms. The number of aromatic hydroxyl groups is 1. The third-order valence-electron chi connectivity index (χ3n) is 17.0. The number of ether oxygens (including phenoxy) is 4. The molecule has 4 fully saturated rings. The summed E-state index contributed by atoms with van der Waals surface area (Å²) in [5.74, 6) is -1.10. The fraction of sp³-hybridized carbons (Fsp3) is 0.563. The van der Waals surface area contributed by atoms with Crippen molar-refractivity contribution in [2.45, 2.75) is 275 Å². The van der Waals surface area contributed by atoms with Crippen molar-refractivity contribution >= 4 is 69.5 Å². The van der Waals surface area contributed by atoms with E-state index in [2.05, 4.69) is 13.8 Å². The summed E-state index contributed by atoms with van der Waals surface area (Å²) in [7, 11) is 0.